The zero-order valence-corrected chi connectivity index (χ0v) is 11.2. The summed E-state index contributed by atoms with van der Waals surface area (Å²) in [6, 6.07) is 2.19. The third-order valence-corrected chi connectivity index (χ3v) is 3.91. The highest BCUT2D eigenvalue weighted by atomic mass is 16.5. The van der Waals surface area contributed by atoms with Crippen molar-refractivity contribution in [3.8, 4) is 6.07 Å². The average molecular weight is 247 g/mol. The van der Waals surface area contributed by atoms with Crippen LogP contribution in [-0.4, -0.2) is 10.1 Å². The van der Waals surface area contributed by atoms with E-state index in [0.29, 0.717) is 18.2 Å². The average Bonchev–Trinajstić information content (AvgIpc) is 2.87. The zero-order chi connectivity index (χ0) is 13.0. The predicted molar refractivity (Wildman–Crippen MR) is 67.8 cm³/mol. The van der Waals surface area contributed by atoms with Gasteiger partial charge < -0.3 is 4.52 Å². The Kier molecular flexibility index (Phi) is 4.35. The molecule has 0 aromatic carbocycles. The van der Waals surface area contributed by atoms with E-state index in [-0.39, 0.29) is 5.92 Å². The Morgan fingerprint density at radius 1 is 1.50 bits per heavy atom. The van der Waals surface area contributed by atoms with Crippen molar-refractivity contribution in [1.29, 1.82) is 5.26 Å². The van der Waals surface area contributed by atoms with Gasteiger partial charge in [0, 0.05) is 12.3 Å². The Bertz CT molecular complexity index is 421. The maximum absolute atomic E-state index is 8.78. The molecule has 3 atom stereocenters. The van der Waals surface area contributed by atoms with Crippen molar-refractivity contribution in [3.63, 3.8) is 0 Å². The molecule has 98 valence electrons. The standard InChI is InChI=1S/C14H21N3O/c1-3-11-5-4-6-12(8-11)14-16-13(18-17-14)7-10(2)9-15/h10-12H,3-8H2,1-2H3. The summed E-state index contributed by atoms with van der Waals surface area (Å²) in [6.07, 6.45) is 6.76. The summed E-state index contributed by atoms with van der Waals surface area (Å²) in [6.45, 7) is 4.13. The van der Waals surface area contributed by atoms with Crippen LogP contribution in [0, 0.1) is 23.2 Å². The second kappa shape index (κ2) is 5.99. The third-order valence-electron chi connectivity index (χ3n) is 3.91. The number of hydrogen-bond acceptors (Lipinski definition) is 4. The van der Waals surface area contributed by atoms with Crippen LogP contribution in [0.1, 0.15) is 63.6 Å². The summed E-state index contributed by atoms with van der Waals surface area (Å²) < 4.78 is 5.25. The van der Waals surface area contributed by atoms with Crippen LogP contribution in [0.2, 0.25) is 0 Å². The molecule has 1 fully saturated rings. The first-order chi connectivity index (χ1) is 8.72. The highest BCUT2D eigenvalue weighted by Gasteiger charge is 2.26. The molecule has 3 unspecified atom stereocenters. The molecule has 0 bridgehead atoms. The highest BCUT2D eigenvalue weighted by molar-refractivity contribution is 4.99. The third kappa shape index (κ3) is 3.10. The lowest BCUT2D eigenvalue weighted by Crippen LogP contribution is -2.14. The lowest BCUT2D eigenvalue weighted by molar-refractivity contribution is 0.297. The van der Waals surface area contributed by atoms with Crippen LogP contribution in [0.5, 0.6) is 0 Å². The van der Waals surface area contributed by atoms with Gasteiger partial charge in [0.15, 0.2) is 5.82 Å². The predicted octanol–water partition coefficient (Wildman–Crippen LogP) is 3.46. The first-order valence-corrected chi connectivity index (χ1v) is 6.95. The summed E-state index contributed by atoms with van der Waals surface area (Å²) in [5.74, 6) is 2.67. The number of nitrogens with zero attached hydrogens (tertiary/aromatic N) is 3. The molecule has 4 nitrogen and oxygen atoms in total. The Morgan fingerprint density at radius 3 is 3.06 bits per heavy atom. The quantitative estimate of drug-likeness (QED) is 0.817. The summed E-state index contributed by atoms with van der Waals surface area (Å²) in [4.78, 5) is 4.46. The molecule has 0 aliphatic heterocycles. The number of aromatic nitrogens is 2. The molecule has 1 aromatic rings. The highest BCUT2D eigenvalue weighted by Crippen LogP contribution is 2.36. The topological polar surface area (TPSA) is 62.7 Å². The van der Waals surface area contributed by atoms with Crippen molar-refractivity contribution in [1.82, 2.24) is 10.1 Å². The summed E-state index contributed by atoms with van der Waals surface area (Å²) >= 11 is 0. The Hall–Kier alpha value is -1.37. The van der Waals surface area contributed by atoms with E-state index in [2.05, 4.69) is 23.1 Å². The number of rotatable bonds is 4. The molecule has 0 saturated heterocycles. The minimum Gasteiger partial charge on any atom is -0.339 e. The molecule has 1 saturated carbocycles. The molecule has 4 heteroatoms. The Morgan fingerprint density at radius 2 is 2.33 bits per heavy atom. The van der Waals surface area contributed by atoms with E-state index in [1.54, 1.807) is 0 Å². The van der Waals surface area contributed by atoms with Gasteiger partial charge in [0.25, 0.3) is 0 Å². The minimum atomic E-state index is -0.0620. The van der Waals surface area contributed by atoms with Gasteiger partial charge in [0.05, 0.1) is 12.0 Å². The fourth-order valence-corrected chi connectivity index (χ4v) is 2.72. The summed E-state index contributed by atoms with van der Waals surface area (Å²) in [5.41, 5.74) is 0. The van der Waals surface area contributed by atoms with Crippen molar-refractivity contribution < 1.29 is 4.52 Å². The van der Waals surface area contributed by atoms with Crippen molar-refractivity contribution >= 4 is 0 Å². The van der Waals surface area contributed by atoms with E-state index in [1.165, 1.54) is 32.1 Å². The second-order valence-corrected chi connectivity index (χ2v) is 5.42. The van der Waals surface area contributed by atoms with E-state index in [0.717, 1.165) is 11.7 Å². The van der Waals surface area contributed by atoms with Crippen LogP contribution in [0.25, 0.3) is 0 Å². The number of hydrogen-bond donors (Lipinski definition) is 0. The molecule has 18 heavy (non-hydrogen) atoms. The van der Waals surface area contributed by atoms with Gasteiger partial charge in [-0.15, -0.1) is 0 Å². The first kappa shape index (κ1) is 13.1. The minimum absolute atomic E-state index is 0.0620. The molecule has 0 N–H and O–H groups in total. The van der Waals surface area contributed by atoms with E-state index in [4.69, 9.17) is 9.78 Å². The van der Waals surface area contributed by atoms with Crippen molar-refractivity contribution in [2.45, 2.75) is 58.3 Å². The lowest BCUT2D eigenvalue weighted by Gasteiger charge is -2.26. The normalized spacial score (nSPS) is 25.6. The van der Waals surface area contributed by atoms with Gasteiger partial charge in [-0.3, -0.25) is 0 Å². The second-order valence-electron chi connectivity index (χ2n) is 5.42. The van der Waals surface area contributed by atoms with Crippen LogP contribution in [-0.2, 0) is 6.42 Å². The van der Waals surface area contributed by atoms with Crippen molar-refractivity contribution in [2.24, 2.45) is 11.8 Å². The van der Waals surface area contributed by atoms with Gasteiger partial charge in [-0.2, -0.15) is 10.2 Å². The molecule has 0 radical (unpaired) electrons. The molecule has 0 spiro atoms. The molecule has 2 rings (SSSR count). The van der Waals surface area contributed by atoms with Gasteiger partial charge in [-0.1, -0.05) is 31.3 Å². The van der Waals surface area contributed by atoms with Crippen LogP contribution in [0.3, 0.4) is 0 Å². The molecular weight excluding hydrogens is 226 g/mol. The smallest absolute Gasteiger partial charge is 0.227 e. The van der Waals surface area contributed by atoms with Crippen LogP contribution >= 0.6 is 0 Å². The molecule has 1 aromatic heterocycles. The monoisotopic (exact) mass is 247 g/mol. The SMILES string of the molecule is CCC1CCCC(c2noc(CC(C)C#N)n2)C1. The first-order valence-electron chi connectivity index (χ1n) is 6.95. The fourth-order valence-electron chi connectivity index (χ4n) is 2.72. The fraction of sp³-hybridized carbons (Fsp3) is 0.786. The number of nitriles is 1. The van der Waals surface area contributed by atoms with Gasteiger partial charge >= 0.3 is 0 Å². The van der Waals surface area contributed by atoms with Gasteiger partial charge in [-0.25, -0.2) is 0 Å². The van der Waals surface area contributed by atoms with E-state index in [9.17, 15) is 0 Å². The Labute approximate surface area is 108 Å². The van der Waals surface area contributed by atoms with Gasteiger partial charge in [-0.05, 0) is 25.7 Å². The van der Waals surface area contributed by atoms with E-state index < -0.39 is 0 Å². The summed E-state index contributed by atoms with van der Waals surface area (Å²) in [7, 11) is 0. The van der Waals surface area contributed by atoms with Crippen molar-refractivity contribution in [3.05, 3.63) is 11.7 Å². The molecular formula is C14H21N3O. The van der Waals surface area contributed by atoms with Gasteiger partial charge in [0.1, 0.15) is 0 Å². The van der Waals surface area contributed by atoms with Crippen LogP contribution in [0.4, 0.5) is 0 Å². The molecule has 0 amide bonds. The van der Waals surface area contributed by atoms with Crippen LogP contribution in [0.15, 0.2) is 4.52 Å². The lowest BCUT2D eigenvalue weighted by atomic mass is 9.80. The largest absolute Gasteiger partial charge is 0.339 e. The van der Waals surface area contributed by atoms with E-state index in [1.807, 2.05) is 6.92 Å². The summed E-state index contributed by atoms with van der Waals surface area (Å²) in [5, 5.41) is 12.9. The Balaban J connectivity index is 1.99. The molecule has 1 heterocycles. The zero-order valence-electron chi connectivity index (χ0n) is 11.2. The van der Waals surface area contributed by atoms with Crippen LogP contribution < -0.4 is 0 Å². The molecule has 1 aliphatic carbocycles. The van der Waals surface area contributed by atoms with Crippen molar-refractivity contribution in [2.75, 3.05) is 0 Å². The molecule has 1 aliphatic rings. The maximum atomic E-state index is 8.78. The van der Waals surface area contributed by atoms with E-state index >= 15 is 0 Å². The maximum Gasteiger partial charge on any atom is 0.227 e. The van der Waals surface area contributed by atoms with Gasteiger partial charge in [0.2, 0.25) is 5.89 Å².